The summed E-state index contributed by atoms with van der Waals surface area (Å²) >= 11 is 0. The van der Waals surface area contributed by atoms with Gasteiger partial charge in [0.25, 0.3) is 5.91 Å². The third-order valence-electron chi connectivity index (χ3n) is 4.38. The van der Waals surface area contributed by atoms with Gasteiger partial charge in [-0.15, -0.1) is 12.4 Å². The Kier molecular flexibility index (Phi) is 6.10. The molecule has 0 atom stereocenters. The molecule has 2 heterocycles. The molecule has 0 radical (unpaired) electrons. The molecule has 6 nitrogen and oxygen atoms in total. The molecule has 2 N–H and O–H groups in total. The molecule has 0 bridgehead atoms. The number of carbonyl (C=O) groups excluding carboxylic acids is 1. The zero-order valence-corrected chi connectivity index (χ0v) is 14.0. The van der Waals surface area contributed by atoms with Gasteiger partial charge in [0, 0.05) is 19.1 Å². The number of amides is 1. The van der Waals surface area contributed by atoms with Crippen molar-refractivity contribution in [1.82, 2.24) is 10.6 Å². The molecule has 7 heteroatoms. The average molecular weight is 343 g/mol. The van der Waals surface area contributed by atoms with Gasteiger partial charge < -0.3 is 24.8 Å². The van der Waals surface area contributed by atoms with Crippen LogP contribution in [0.3, 0.4) is 0 Å². The summed E-state index contributed by atoms with van der Waals surface area (Å²) in [4.78, 5) is 12.5. The number of para-hydroxylation sites is 1. The Balaban J connectivity index is 0.00000192. The van der Waals surface area contributed by atoms with Crippen molar-refractivity contribution in [3.63, 3.8) is 0 Å². The second-order valence-electron chi connectivity index (χ2n) is 5.91. The maximum absolute atomic E-state index is 12.5. The second kappa shape index (κ2) is 7.86. The fraction of sp³-hybridized carbons (Fsp3) is 0.562. The number of halogens is 1. The fourth-order valence-electron chi connectivity index (χ4n) is 3.11. The van der Waals surface area contributed by atoms with Crippen molar-refractivity contribution in [3.8, 4) is 11.5 Å². The Labute approximate surface area is 142 Å². The van der Waals surface area contributed by atoms with Crippen LogP contribution in [0.4, 0.5) is 0 Å². The largest absolute Gasteiger partial charge is 0.454 e. The topological polar surface area (TPSA) is 68.8 Å². The molecule has 0 saturated carbocycles. The smallest absolute Gasteiger partial charge is 0.255 e. The van der Waals surface area contributed by atoms with Gasteiger partial charge in [-0.25, -0.2) is 0 Å². The van der Waals surface area contributed by atoms with Gasteiger partial charge in [-0.3, -0.25) is 4.79 Å². The molecule has 1 amide bonds. The molecule has 23 heavy (non-hydrogen) atoms. The lowest BCUT2D eigenvalue weighted by Crippen LogP contribution is -2.47. The molecule has 0 aliphatic carbocycles. The minimum Gasteiger partial charge on any atom is -0.454 e. The van der Waals surface area contributed by atoms with Crippen LogP contribution in [-0.2, 0) is 4.74 Å². The standard InChI is InChI=1S/C16H22N2O4.ClH/c1-20-10-16(5-7-17-8-6-16)9-18-15(19)12-3-2-4-13-14(12)22-11-21-13;/h2-4,17H,5-11H2,1H3,(H,18,19);1H. The van der Waals surface area contributed by atoms with E-state index in [4.69, 9.17) is 14.2 Å². The highest BCUT2D eigenvalue weighted by atomic mass is 35.5. The van der Waals surface area contributed by atoms with Crippen LogP contribution in [0.15, 0.2) is 18.2 Å². The first-order chi connectivity index (χ1) is 10.7. The van der Waals surface area contributed by atoms with Crippen molar-refractivity contribution >= 4 is 18.3 Å². The molecule has 0 spiro atoms. The van der Waals surface area contributed by atoms with Crippen molar-refractivity contribution in [2.75, 3.05) is 40.1 Å². The van der Waals surface area contributed by atoms with Crippen LogP contribution < -0.4 is 20.1 Å². The zero-order valence-electron chi connectivity index (χ0n) is 13.2. The highest BCUT2D eigenvalue weighted by Crippen LogP contribution is 2.35. The fourth-order valence-corrected chi connectivity index (χ4v) is 3.11. The first-order valence-electron chi connectivity index (χ1n) is 7.61. The lowest BCUT2D eigenvalue weighted by Gasteiger charge is -2.37. The number of ether oxygens (including phenoxy) is 3. The molecule has 1 fully saturated rings. The molecule has 1 aromatic rings. The van der Waals surface area contributed by atoms with Crippen LogP contribution in [0.2, 0.25) is 0 Å². The van der Waals surface area contributed by atoms with Gasteiger partial charge in [0.15, 0.2) is 11.5 Å². The minimum atomic E-state index is -0.128. The van der Waals surface area contributed by atoms with Gasteiger partial charge in [-0.05, 0) is 38.1 Å². The van der Waals surface area contributed by atoms with Gasteiger partial charge in [0.1, 0.15) is 0 Å². The number of benzene rings is 1. The van der Waals surface area contributed by atoms with E-state index in [1.807, 2.05) is 0 Å². The van der Waals surface area contributed by atoms with Crippen LogP contribution in [0.1, 0.15) is 23.2 Å². The SMILES string of the molecule is COCC1(CNC(=O)c2cccc3c2OCO3)CCNCC1.Cl. The summed E-state index contributed by atoms with van der Waals surface area (Å²) in [5.41, 5.74) is 0.529. The number of hydrogen-bond acceptors (Lipinski definition) is 5. The molecule has 2 aliphatic heterocycles. The van der Waals surface area contributed by atoms with E-state index in [1.54, 1.807) is 25.3 Å². The van der Waals surface area contributed by atoms with Gasteiger partial charge in [-0.1, -0.05) is 6.07 Å². The molecule has 0 unspecified atom stereocenters. The van der Waals surface area contributed by atoms with E-state index in [2.05, 4.69) is 10.6 Å². The van der Waals surface area contributed by atoms with E-state index >= 15 is 0 Å². The van der Waals surface area contributed by atoms with E-state index in [0.717, 1.165) is 25.9 Å². The third kappa shape index (κ3) is 3.88. The van der Waals surface area contributed by atoms with E-state index < -0.39 is 0 Å². The van der Waals surface area contributed by atoms with Crippen LogP contribution in [0.25, 0.3) is 0 Å². The summed E-state index contributed by atoms with van der Waals surface area (Å²) in [6, 6.07) is 5.37. The monoisotopic (exact) mass is 342 g/mol. The van der Waals surface area contributed by atoms with Gasteiger partial charge in [0.2, 0.25) is 6.79 Å². The number of hydrogen-bond donors (Lipinski definition) is 2. The summed E-state index contributed by atoms with van der Waals surface area (Å²) in [6.45, 7) is 3.33. The number of nitrogens with one attached hydrogen (secondary N) is 2. The summed E-state index contributed by atoms with van der Waals surface area (Å²) in [5.74, 6) is 1.03. The van der Waals surface area contributed by atoms with Crippen LogP contribution in [-0.4, -0.2) is 46.1 Å². The first-order valence-corrected chi connectivity index (χ1v) is 7.61. The Hall–Kier alpha value is -1.50. The van der Waals surface area contributed by atoms with Gasteiger partial charge in [-0.2, -0.15) is 0 Å². The minimum absolute atomic E-state index is 0. The predicted octanol–water partition coefficient (Wildman–Crippen LogP) is 1.58. The van der Waals surface area contributed by atoms with Crippen molar-refractivity contribution < 1.29 is 19.0 Å². The Morgan fingerprint density at radius 1 is 1.35 bits per heavy atom. The van der Waals surface area contributed by atoms with Crippen LogP contribution >= 0.6 is 12.4 Å². The van der Waals surface area contributed by atoms with E-state index in [-0.39, 0.29) is 30.5 Å². The quantitative estimate of drug-likeness (QED) is 0.850. The maximum Gasteiger partial charge on any atom is 0.255 e. The molecule has 1 saturated heterocycles. The average Bonchev–Trinajstić information content (AvgIpc) is 3.02. The molecule has 2 aliphatic rings. The van der Waals surface area contributed by atoms with Gasteiger partial charge >= 0.3 is 0 Å². The molecule has 3 rings (SSSR count). The Morgan fingerprint density at radius 3 is 2.87 bits per heavy atom. The summed E-state index contributed by atoms with van der Waals surface area (Å²) in [6.07, 6.45) is 1.99. The summed E-state index contributed by atoms with van der Waals surface area (Å²) < 4.78 is 16.1. The molecule has 128 valence electrons. The lowest BCUT2D eigenvalue weighted by molar-refractivity contribution is 0.0511. The van der Waals surface area contributed by atoms with Crippen molar-refractivity contribution in [1.29, 1.82) is 0 Å². The maximum atomic E-state index is 12.5. The Morgan fingerprint density at radius 2 is 2.13 bits per heavy atom. The van der Waals surface area contributed by atoms with Crippen LogP contribution in [0, 0.1) is 5.41 Å². The highest BCUT2D eigenvalue weighted by Gasteiger charge is 2.33. The Bertz CT molecular complexity index is 541. The molecular weight excluding hydrogens is 320 g/mol. The van der Waals surface area contributed by atoms with E-state index in [1.165, 1.54) is 0 Å². The predicted molar refractivity (Wildman–Crippen MR) is 88.6 cm³/mol. The molecule has 0 aromatic heterocycles. The van der Waals surface area contributed by atoms with Crippen LogP contribution in [0.5, 0.6) is 11.5 Å². The lowest BCUT2D eigenvalue weighted by atomic mass is 9.79. The van der Waals surface area contributed by atoms with Crippen molar-refractivity contribution in [2.45, 2.75) is 12.8 Å². The first kappa shape index (κ1) is 17.8. The number of rotatable bonds is 5. The zero-order chi connectivity index (χ0) is 15.4. The number of methoxy groups -OCH3 is 1. The highest BCUT2D eigenvalue weighted by molar-refractivity contribution is 5.98. The number of piperidine rings is 1. The van der Waals surface area contributed by atoms with E-state index in [9.17, 15) is 4.79 Å². The second-order valence-corrected chi connectivity index (χ2v) is 5.91. The van der Waals surface area contributed by atoms with Crippen molar-refractivity contribution in [3.05, 3.63) is 23.8 Å². The molecular formula is C16H23ClN2O4. The van der Waals surface area contributed by atoms with E-state index in [0.29, 0.717) is 30.2 Å². The number of fused-ring (bicyclic) bond motifs is 1. The van der Waals surface area contributed by atoms with Gasteiger partial charge in [0.05, 0.1) is 12.2 Å². The summed E-state index contributed by atoms with van der Waals surface area (Å²) in [5, 5.41) is 6.39. The summed E-state index contributed by atoms with van der Waals surface area (Å²) in [7, 11) is 1.71. The normalized spacial score (nSPS) is 18.1. The van der Waals surface area contributed by atoms with Crippen molar-refractivity contribution in [2.24, 2.45) is 5.41 Å². The number of carbonyl (C=O) groups is 1. The molecule has 1 aromatic carbocycles. The third-order valence-corrected chi connectivity index (χ3v) is 4.38.